The molecule has 3 rings (SSSR count). The zero-order valence-electron chi connectivity index (χ0n) is 14.5. The number of nitrogens with one attached hydrogen (secondary N) is 1. The molecule has 0 spiro atoms. The predicted octanol–water partition coefficient (Wildman–Crippen LogP) is 2.29. The summed E-state index contributed by atoms with van der Waals surface area (Å²) in [6.45, 7) is 3.01. The quantitative estimate of drug-likeness (QED) is 0.895. The van der Waals surface area contributed by atoms with Gasteiger partial charge in [-0.15, -0.1) is 0 Å². The third kappa shape index (κ3) is 4.59. The van der Waals surface area contributed by atoms with E-state index in [0.717, 1.165) is 5.69 Å². The Morgan fingerprint density at radius 3 is 2.23 bits per heavy atom. The van der Waals surface area contributed by atoms with Crippen LogP contribution in [0.5, 0.6) is 0 Å². The minimum absolute atomic E-state index is 0.0390. The highest BCUT2D eigenvalue weighted by Gasteiger charge is 2.21. The molecule has 0 unspecified atom stereocenters. The second-order valence-electron chi connectivity index (χ2n) is 6.22. The van der Waals surface area contributed by atoms with Gasteiger partial charge in [0, 0.05) is 50.4 Å². The molecule has 1 N–H and O–H groups in total. The summed E-state index contributed by atoms with van der Waals surface area (Å²) in [4.78, 5) is 28.2. The first-order valence-corrected chi connectivity index (χ1v) is 8.75. The fourth-order valence-electron chi connectivity index (χ4n) is 3.00. The molecule has 0 aromatic heterocycles. The summed E-state index contributed by atoms with van der Waals surface area (Å²) in [5.41, 5.74) is 1.56. The number of hydrogen-bond donors (Lipinski definition) is 1. The third-order valence-electron chi connectivity index (χ3n) is 4.48. The van der Waals surface area contributed by atoms with Crippen LogP contribution in [-0.4, -0.2) is 49.4 Å². The van der Waals surface area contributed by atoms with E-state index in [1.807, 2.05) is 11.0 Å². The van der Waals surface area contributed by atoms with Crippen molar-refractivity contribution >= 4 is 17.5 Å². The Balaban J connectivity index is 1.41. The van der Waals surface area contributed by atoms with Crippen molar-refractivity contribution in [1.82, 2.24) is 10.2 Å². The molecule has 5 nitrogen and oxygen atoms in total. The van der Waals surface area contributed by atoms with Gasteiger partial charge in [-0.2, -0.15) is 0 Å². The standard InChI is InChI=1S/C20H22FN3O2/c21-17-6-8-18(9-7-17)23-12-14-24(15-13-23)19(25)10-11-22-20(26)16-4-2-1-3-5-16/h1-9H,10-15H2,(H,22,26). The maximum atomic E-state index is 13.0. The van der Waals surface area contributed by atoms with E-state index in [9.17, 15) is 14.0 Å². The lowest BCUT2D eigenvalue weighted by Gasteiger charge is -2.36. The molecule has 0 aliphatic carbocycles. The van der Waals surface area contributed by atoms with Gasteiger partial charge >= 0.3 is 0 Å². The van der Waals surface area contributed by atoms with Crippen LogP contribution in [0.25, 0.3) is 0 Å². The number of carbonyl (C=O) groups is 2. The van der Waals surface area contributed by atoms with Gasteiger partial charge in [-0.05, 0) is 36.4 Å². The number of rotatable bonds is 5. The summed E-state index contributed by atoms with van der Waals surface area (Å²) < 4.78 is 13.0. The van der Waals surface area contributed by atoms with Crippen LogP contribution in [0.3, 0.4) is 0 Å². The molecule has 1 saturated heterocycles. The predicted molar refractivity (Wildman–Crippen MR) is 98.6 cm³/mol. The van der Waals surface area contributed by atoms with E-state index in [1.165, 1.54) is 12.1 Å². The summed E-state index contributed by atoms with van der Waals surface area (Å²) in [6.07, 6.45) is 0.287. The molecule has 1 heterocycles. The number of anilines is 1. The van der Waals surface area contributed by atoms with Crippen LogP contribution in [-0.2, 0) is 4.79 Å². The first kappa shape index (κ1) is 17.9. The molecule has 6 heteroatoms. The second kappa shape index (κ2) is 8.47. The van der Waals surface area contributed by atoms with Gasteiger partial charge < -0.3 is 15.1 Å². The number of halogens is 1. The molecule has 1 fully saturated rings. The lowest BCUT2D eigenvalue weighted by Crippen LogP contribution is -2.49. The highest BCUT2D eigenvalue weighted by molar-refractivity contribution is 5.94. The van der Waals surface area contributed by atoms with E-state index in [1.54, 1.807) is 36.4 Å². The van der Waals surface area contributed by atoms with Crippen LogP contribution in [0.2, 0.25) is 0 Å². The van der Waals surface area contributed by atoms with Crippen LogP contribution in [0, 0.1) is 5.82 Å². The molecule has 26 heavy (non-hydrogen) atoms. The number of hydrogen-bond acceptors (Lipinski definition) is 3. The monoisotopic (exact) mass is 355 g/mol. The number of benzene rings is 2. The van der Waals surface area contributed by atoms with E-state index in [2.05, 4.69) is 10.2 Å². The second-order valence-corrected chi connectivity index (χ2v) is 6.22. The fourth-order valence-corrected chi connectivity index (χ4v) is 3.00. The molecule has 2 aromatic rings. The van der Waals surface area contributed by atoms with Crippen molar-refractivity contribution in [2.24, 2.45) is 0 Å². The van der Waals surface area contributed by atoms with Crippen molar-refractivity contribution in [2.45, 2.75) is 6.42 Å². The van der Waals surface area contributed by atoms with E-state index < -0.39 is 0 Å². The van der Waals surface area contributed by atoms with Gasteiger partial charge in [0.15, 0.2) is 0 Å². The molecule has 0 atom stereocenters. The smallest absolute Gasteiger partial charge is 0.251 e. The van der Waals surface area contributed by atoms with Gasteiger partial charge in [-0.25, -0.2) is 4.39 Å². The van der Waals surface area contributed by atoms with Gasteiger partial charge in [-0.1, -0.05) is 18.2 Å². The minimum atomic E-state index is -0.250. The Labute approximate surface area is 152 Å². The average molecular weight is 355 g/mol. The Morgan fingerprint density at radius 1 is 0.923 bits per heavy atom. The van der Waals surface area contributed by atoms with Crippen molar-refractivity contribution in [1.29, 1.82) is 0 Å². The topological polar surface area (TPSA) is 52.7 Å². The summed E-state index contributed by atoms with van der Waals surface area (Å²) >= 11 is 0. The highest BCUT2D eigenvalue weighted by atomic mass is 19.1. The van der Waals surface area contributed by atoms with Crippen molar-refractivity contribution in [3.63, 3.8) is 0 Å². The molecule has 1 aliphatic rings. The Bertz CT molecular complexity index is 741. The lowest BCUT2D eigenvalue weighted by atomic mass is 10.2. The minimum Gasteiger partial charge on any atom is -0.368 e. The normalized spacial score (nSPS) is 14.2. The van der Waals surface area contributed by atoms with Crippen LogP contribution in [0.15, 0.2) is 54.6 Å². The van der Waals surface area contributed by atoms with Gasteiger partial charge in [-0.3, -0.25) is 9.59 Å². The maximum Gasteiger partial charge on any atom is 0.251 e. The van der Waals surface area contributed by atoms with Crippen LogP contribution >= 0.6 is 0 Å². The highest BCUT2D eigenvalue weighted by Crippen LogP contribution is 2.17. The van der Waals surface area contributed by atoms with Crippen LogP contribution in [0.4, 0.5) is 10.1 Å². The first-order chi connectivity index (χ1) is 12.6. The largest absolute Gasteiger partial charge is 0.368 e. The van der Waals surface area contributed by atoms with Gasteiger partial charge in [0.2, 0.25) is 5.91 Å². The molecule has 136 valence electrons. The maximum absolute atomic E-state index is 13.0. The molecule has 2 aromatic carbocycles. The average Bonchev–Trinajstić information content (AvgIpc) is 2.69. The number of carbonyl (C=O) groups excluding carboxylic acids is 2. The summed E-state index contributed by atoms with van der Waals surface area (Å²) in [7, 11) is 0. The summed E-state index contributed by atoms with van der Waals surface area (Å²) in [5, 5.41) is 2.78. The molecule has 0 radical (unpaired) electrons. The zero-order chi connectivity index (χ0) is 18.4. The van der Waals surface area contributed by atoms with Crippen LogP contribution < -0.4 is 10.2 Å². The molecular formula is C20H22FN3O2. The van der Waals surface area contributed by atoms with E-state index in [0.29, 0.717) is 38.3 Å². The Hall–Kier alpha value is -2.89. The van der Waals surface area contributed by atoms with Crippen molar-refractivity contribution in [2.75, 3.05) is 37.6 Å². The Kier molecular flexibility index (Phi) is 5.84. The van der Waals surface area contributed by atoms with Crippen molar-refractivity contribution < 1.29 is 14.0 Å². The molecule has 2 amide bonds. The molecule has 0 saturated carbocycles. The van der Waals surface area contributed by atoms with E-state index >= 15 is 0 Å². The lowest BCUT2D eigenvalue weighted by molar-refractivity contribution is -0.131. The molecular weight excluding hydrogens is 333 g/mol. The number of amides is 2. The number of piperazine rings is 1. The van der Waals surface area contributed by atoms with Crippen molar-refractivity contribution in [3.05, 3.63) is 66.0 Å². The Morgan fingerprint density at radius 2 is 1.58 bits per heavy atom. The summed E-state index contributed by atoms with van der Waals surface area (Å²) in [5.74, 6) is -0.378. The number of nitrogens with zero attached hydrogens (tertiary/aromatic N) is 2. The summed E-state index contributed by atoms with van der Waals surface area (Å²) in [6, 6.07) is 15.4. The molecule has 1 aliphatic heterocycles. The zero-order valence-corrected chi connectivity index (χ0v) is 14.5. The van der Waals surface area contributed by atoms with Crippen molar-refractivity contribution in [3.8, 4) is 0 Å². The SMILES string of the molecule is O=C(NCCC(=O)N1CCN(c2ccc(F)cc2)CC1)c1ccccc1. The van der Waals surface area contributed by atoms with Gasteiger partial charge in [0.1, 0.15) is 5.82 Å². The van der Waals surface area contributed by atoms with E-state index in [4.69, 9.17) is 0 Å². The first-order valence-electron chi connectivity index (χ1n) is 8.75. The van der Waals surface area contributed by atoms with E-state index in [-0.39, 0.29) is 24.1 Å². The van der Waals surface area contributed by atoms with Gasteiger partial charge in [0.05, 0.1) is 0 Å². The van der Waals surface area contributed by atoms with Crippen LogP contribution in [0.1, 0.15) is 16.8 Å². The fraction of sp³-hybridized carbons (Fsp3) is 0.300. The van der Waals surface area contributed by atoms with Gasteiger partial charge in [0.25, 0.3) is 5.91 Å². The third-order valence-corrected chi connectivity index (χ3v) is 4.48. The molecule has 0 bridgehead atoms.